The Bertz CT molecular complexity index is 805. The first-order valence-electron chi connectivity index (χ1n) is 8.08. The largest absolute Gasteiger partial charge is 0.309 e. The molecule has 3 rings (SSSR count). The van der Waals surface area contributed by atoms with E-state index < -0.39 is 0 Å². The highest BCUT2D eigenvalue weighted by atomic mass is 32.2. The molecule has 0 fully saturated rings. The maximum Gasteiger partial charge on any atom is 0.172 e. The SMILES string of the molecule is CCc1ccnc(-n2nnnc2CNCCSc2ccc(F)cc2)c1. The maximum absolute atomic E-state index is 12.9. The predicted octanol–water partition coefficient (Wildman–Crippen LogP) is 2.64. The number of hydrogen-bond acceptors (Lipinski definition) is 6. The van der Waals surface area contributed by atoms with E-state index in [0.29, 0.717) is 12.4 Å². The van der Waals surface area contributed by atoms with Crippen LogP contribution in [-0.4, -0.2) is 37.5 Å². The second-order valence-electron chi connectivity index (χ2n) is 5.36. The van der Waals surface area contributed by atoms with Crippen molar-refractivity contribution in [3.8, 4) is 5.82 Å². The Kier molecular flexibility index (Phi) is 6.08. The molecule has 1 aromatic carbocycles. The van der Waals surface area contributed by atoms with Crippen LogP contribution in [0.2, 0.25) is 0 Å². The first-order valence-corrected chi connectivity index (χ1v) is 9.06. The number of nitrogens with one attached hydrogen (secondary N) is 1. The predicted molar refractivity (Wildman–Crippen MR) is 95.2 cm³/mol. The van der Waals surface area contributed by atoms with E-state index in [1.54, 1.807) is 34.8 Å². The molecule has 2 heterocycles. The average molecular weight is 358 g/mol. The van der Waals surface area contributed by atoms with Crippen molar-refractivity contribution in [2.75, 3.05) is 12.3 Å². The first kappa shape index (κ1) is 17.5. The summed E-state index contributed by atoms with van der Waals surface area (Å²) in [5.74, 6) is 2.10. The number of pyridine rings is 1. The second-order valence-corrected chi connectivity index (χ2v) is 6.53. The van der Waals surface area contributed by atoms with Gasteiger partial charge >= 0.3 is 0 Å². The average Bonchev–Trinajstić information content (AvgIpc) is 3.11. The Balaban J connectivity index is 1.51. The maximum atomic E-state index is 12.9. The van der Waals surface area contributed by atoms with Crippen LogP contribution in [0.5, 0.6) is 0 Å². The number of thioether (sulfide) groups is 1. The fraction of sp³-hybridized carbons (Fsp3) is 0.294. The Hall–Kier alpha value is -2.32. The lowest BCUT2D eigenvalue weighted by atomic mass is 10.2. The number of hydrogen-bond donors (Lipinski definition) is 1. The molecular weight excluding hydrogens is 339 g/mol. The van der Waals surface area contributed by atoms with Gasteiger partial charge in [0.25, 0.3) is 0 Å². The zero-order valence-corrected chi connectivity index (χ0v) is 14.7. The third kappa shape index (κ3) is 4.83. The zero-order chi connectivity index (χ0) is 17.5. The molecule has 0 atom stereocenters. The lowest BCUT2D eigenvalue weighted by Crippen LogP contribution is -2.20. The van der Waals surface area contributed by atoms with Crippen molar-refractivity contribution >= 4 is 11.8 Å². The molecule has 3 aromatic rings. The van der Waals surface area contributed by atoms with Gasteiger partial charge in [-0.3, -0.25) is 0 Å². The highest BCUT2D eigenvalue weighted by Crippen LogP contribution is 2.17. The monoisotopic (exact) mass is 358 g/mol. The van der Waals surface area contributed by atoms with E-state index in [9.17, 15) is 4.39 Å². The minimum atomic E-state index is -0.213. The summed E-state index contributed by atoms with van der Waals surface area (Å²) in [5.41, 5.74) is 1.19. The summed E-state index contributed by atoms with van der Waals surface area (Å²) >= 11 is 1.67. The number of aromatic nitrogens is 5. The number of aryl methyl sites for hydroxylation is 1. The smallest absolute Gasteiger partial charge is 0.172 e. The first-order chi connectivity index (χ1) is 12.3. The Labute approximate surface area is 149 Å². The van der Waals surface area contributed by atoms with Crippen LogP contribution in [-0.2, 0) is 13.0 Å². The number of tetrazole rings is 1. The lowest BCUT2D eigenvalue weighted by molar-refractivity contribution is 0.626. The lowest BCUT2D eigenvalue weighted by Gasteiger charge is -2.06. The van der Waals surface area contributed by atoms with Crippen LogP contribution in [0.1, 0.15) is 18.3 Å². The topological polar surface area (TPSA) is 68.5 Å². The van der Waals surface area contributed by atoms with Gasteiger partial charge in [-0.25, -0.2) is 9.37 Å². The zero-order valence-electron chi connectivity index (χ0n) is 13.9. The van der Waals surface area contributed by atoms with Crippen LogP contribution < -0.4 is 5.32 Å². The van der Waals surface area contributed by atoms with Crippen LogP contribution in [0.25, 0.3) is 5.82 Å². The van der Waals surface area contributed by atoms with Crippen molar-refractivity contribution in [2.24, 2.45) is 0 Å². The van der Waals surface area contributed by atoms with Gasteiger partial charge in [0.1, 0.15) is 5.82 Å². The van der Waals surface area contributed by atoms with Crippen molar-refractivity contribution in [1.82, 2.24) is 30.5 Å². The van der Waals surface area contributed by atoms with Gasteiger partial charge in [0.2, 0.25) is 0 Å². The Morgan fingerprint density at radius 1 is 1.20 bits per heavy atom. The summed E-state index contributed by atoms with van der Waals surface area (Å²) in [6, 6.07) is 10.5. The second kappa shape index (κ2) is 8.68. The van der Waals surface area contributed by atoms with Crippen molar-refractivity contribution in [2.45, 2.75) is 24.8 Å². The molecule has 0 aliphatic heterocycles. The molecule has 6 nitrogen and oxygen atoms in total. The minimum Gasteiger partial charge on any atom is -0.309 e. The van der Waals surface area contributed by atoms with Gasteiger partial charge < -0.3 is 5.32 Å². The van der Waals surface area contributed by atoms with Crippen LogP contribution in [0.4, 0.5) is 4.39 Å². The van der Waals surface area contributed by atoms with Gasteiger partial charge in [-0.15, -0.1) is 16.9 Å². The molecule has 0 aliphatic carbocycles. The van der Waals surface area contributed by atoms with Gasteiger partial charge in [0.15, 0.2) is 11.6 Å². The van der Waals surface area contributed by atoms with Crippen molar-refractivity contribution in [3.63, 3.8) is 0 Å². The number of halogens is 1. The summed E-state index contributed by atoms with van der Waals surface area (Å²) in [7, 11) is 0. The molecule has 0 radical (unpaired) electrons. The van der Waals surface area contributed by atoms with Gasteiger partial charge in [-0.05, 0) is 58.8 Å². The fourth-order valence-electron chi connectivity index (χ4n) is 2.26. The van der Waals surface area contributed by atoms with E-state index in [-0.39, 0.29) is 5.82 Å². The normalized spacial score (nSPS) is 11.0. The molecule has 0 saturated carbocycles. The van der Waals surface area contributed by atoms with E-state index >= 15 is 0 Å². The van der Waals surface area contributed by atoms with E-state index in [4.69, 9.17) is 0 Å². The molecule has 0 aliphatic rings. The summed E-state index contributed by atoms with van der Waals surface area (Å²) in [6.45, 7) is 3.44. The fourth-order valence-corrected chi connectivity index (χ4v) is 3.07. The molecular formula is C17H19FN6S. The van der Waals surface area contributed by atoms with Gasteiger partial charge in [-0.1, -0.05) is 6.92 Å². The molecule has 0 saturated heterocycles. The molecule has 0 unspecified atom stereocenters. The van der Waals surface area contributed by atoms with Crippen LogP contribution in [0, 0.1) is 5.82 Å². The summed E-state index contributed by atoms with van der Waals surface area (Å²) in [4.78, 5) is 5.39. The van der Waals surface area contributed by atoms with Gasteiger partial charge in [0, 0.05) is 23.4 Å². The molecule has 2 aromatic heterocycles. The van der Waals surface area contributed by atoms with Crippen molar-refractivity contribution in [3.05, 3.63) is 59.8 Å². The highest BCUT2D eigenvalue weighted by molar-refractivity contribution is 7.99. The molecule has 25 heavy (non-hydrogen) atoms. The van der Waals surface area contributed by atoms with Crippen molar-refractivity contribution < 1.29 is 4.39 Å². The molecule has 0 amide bonds. The Morgan fingerprint density at radius 2 is 2.04 bits per heavy atom. The molecule has 0 bridgehead atoms. The molecule has 8 heteroatoms. The van der Waals surface area contributed by atoms with Crippen LogP contribution in [0.15, 0.2) is 47.5 Å². The molecule has 130 valence electrons. The summed E-state index contributed by atoms with van der Waals surface area (Å²) in [5, 5.41) is 15.2. The van der Waals surface area contributed by atoms with Gasteiger partial charge in [-0.2, -0.15) is 4.68 Å². The van der Waals surface area contributed by atoms with Crippen LogP contribution >= 0.6 is 11.8 Å². The van der Waals surface area contributed by atoms with E-state index in [1.165, 1.54) is 17.7 Å². The van der Waals surface area contributed by atoms with Gasteiger partial charge in [0.05, 0.1) is 6.54 Å². The third-order valence-electron chi connectivity index (χ3n) is 3.61. The Morgan fingerprint density at radius 3 is 2.84 bits per heavy atom. The summed E-state index contributed by atoms with van der Waals surface area (Å²) in [6.07, 6.45) is 2.71. The molecule has 0 spiro atoms. The number of nitrogens with zero attached hydrogens (tertiary/aromatic N) is 5. The standard InChI is InChI=1S/C17H19FN6S/c1-2-13-7-8-20-16(11-13)24-17(21-22-23-24)12-19-9-10-25-15-5-3-14(18)4-6-15/h3-8,11,19H,2,9-10,12H2,1H3. The van der Waals surface area contributed by atoms with E-state index in [2.05, 4.69) is 32.7 Å². The summed E-state index contributed by atoms with van der Waals surface area (Å²) < 4.78 is 14.5. The number of benzene rings is 1. The number of rotatable bonds is 8. The van der Waals surface area contributed by atoms with Crippen LogP contribution in [0.3, 0.4) is 0 Å². The third-order valence-corrected chi connectivity index (χ3v) is 4.63. The quantitative estimate of drug-likeness (QED) is 0.493. The van der Waals surface area contributed by atoms with Crippen molar-refractivity contribution in [1.29, 1.82) is 0 Å². The minimum absolute atomic E-state index is 0.213. The van der Waals surface area contributed by atoms with E-state index in [1.807, 2.05) is 12.1 Å². The molecule has 1 N–H and O–H groups in total. The highest BCUT2D eigenvalue weighted by Gasteiger charge is 2.09. The van der Waals surface area contributed by atoms with E-state index in [0.717, 1.165) is 29.4 Å².